The molecule has 0 aliphatic rings. The number of urea groups is 1. The Balaban J connectivity index is 0.000000286. The summed E-state index contributed by atoms with van der Waals surface area (Å²) in [6, 6.07) is 10.1. The van der Waals surface area contributed by atoms with Crippen molar-refractivity contribution in [2.75, 3.05) is 19.1 Å². The highest BCUT2D eigenvalue weighted by Crippen LogP contribution is 2.37. The maximum atomic E-state index is 12.7. The van der Waals surface area contributed by atoms with Gasteiger partial charge in [-0.15, -0.1) is 0 Å². The number of nitrogens with one attached hydrogen (secondary N) is 1. The topological polar surface area (TPSA) is 225 Å². The third-order valence-electron chi connectivity index (χ3n) is 6.41. The third kappa shape index (κ3) is 11.1. The molecule has 0 aliphatic heterocycles. The van der Waals surface area contributed by atoms with Gasteiger partial charge >= 0.3 is 36.1 Å². The van der Waals surface area contributed by atoms with Crippen LogP contribution in [0.15, 0.2) is 65.6 Å². The number of rotatable bonds is 10. The summed E-state index contributed by atoms with van der Waals surface area (Å²) in [6.45, 7) is 2.70. The van der Waals surface area contributed by atoms with Gasteiger partial charge in [-0.2, -0.15) is 28.1 Å². The van der Waals surface area contributed by atoms with Crippen LogP contribution in [0, 0.1) is 6.92 Å². The van der Waals surface area contributed by atoms with E-state index in [0.29, 0.717) is 6.07 Å². The Morgan fingerprint density at radius 2 is 1.58 bits per heavy atom. The molecule has 0 fully saturated rings. The predicted octanol–water partition coefficient (Wildman–Crippen LogP) is 5.86. The van der Waals surface area contributed by atoms with E-state index in [0.717, 1.165) is 42.2 Å². The summed E-state index contributed by atoms with van der Waals surface area (Å²) in [7, 11) is -1.87. The number of aliphatic carboxylic acids is 1. The highest BCUT2D eigenvalue weighted by Gasteiger charge is 2.31. The fourth-order valence-corrected chi connectivity index (χ4v) is 5.37. The lowest BCUT2D eigenvalue weighted by atomic mass is 10.2. The lowest BCUT2D eigenvalue weighted by Crippen LogP contribution is -2.42. The van der Waals surface area contributed by atoms with Crippen LogP contribution in [-0.2, 0) is 25.7 Å². The van der Waals surface area contributed by atoms with Gasteiger partial charge in [0, 0.05) is 7.05 Å². The van der Waals surface area contributed by atoms with Crippen LogP contribution in [0.25, 0.3) is 0 Å². The van der Waals surface area contributed by atoms with Crippen molar-refractivity contribution < 1.29 is 65.2 Å². The molecule has 0 saturated heterocycles. The summed E-state index contributed by atoms with van der Waals surface area (Å²) < 4.78 is 79.6. The first-order chi connectivity index (χ1) is 24.6. The van der Waals surface area contributed by atoms with E-state index >= 15 is 0 Å². The molecule has 53 heavy (non-hydrogen) atoms. The van der Waals surface area contributed by atoms with Gasteiger partial charge in [0.2, 0.25) is 5.95 Å². The van der Waals surface area contributed by atoms with Crippen LogP contribution >= 0.6 is 23.2 Å². The zero-order valence-corrected chi connectivity index (χ0v) is 29.8. The van der Waals surface area contributed by atoms with E-state index in [1.54, 1.807) is 11.6 Å². The molecule has 1 heterocycles. The Morgan fingerprint density at radius 1 is 0.925 bits per heavy atom. The van der Waals surface area contributed by atoms with Crippen molar-refractivity contribution >= 4 is 63.1 Å². The molecule has 16 nitrogen and oxygen atoms in total. The van der Waals surface area contributed by atoms with Crippen LogP contribution in [0.4, 0.5) is 23.9 Å². The number of esters is 1. The van der Waals surface area contributed by atoms with E-state index < -0.39 is 62.3 Å². The molecule has 1 atom stereocenters. The number of carboxylic acid groups (broad SMARTS) is 2. The molecule has 3 aromatic carbocycles. The number of benzene rings is 3. The van der Waals surface area contributed by atoms with Crippen LogP contribution < -0.4 is 19.1 Å². The minimum atomic E-state index is -4.56. The first-order valence-electron chi connectivity index (χ1n) is 14.3. The van der Waals surface area contributed by atoms with Gasteiger partial charge in [0.1, 0.15) is 22.2 Å². The summed E-state index contributed by atoms with van der Waals surface area (Å²) in [6.07, 6.45) is -5.96. The van der Waals surface area contributed by atoms with Crippen molar-refractivity contribution in [1.29, 1.82) is 0 Å². The number of methoxy groups -OCH3 is 1. The number of alkyl halides is 3. The number of halogens is 5. The van der Waals surface area contributed by atoms with Gasteiger partial charge in [-0.1, -0.05) is 35.3 Å². The fraction of sp³-hybridized carbons (Fsp3) is 0.194. The number of aryl methyl sites for hydroxylation is 1. The zero-order valence-electron chi connectivity index (χ0n) is 27.5. The number of hydrogen-bond donors (Lipinski definition) is 3. The van der Waals surface area contributed by atoms with Crippen LogP contribution in [0.3, 0.4) is 0 Å². The maximum Gasteiger partial charge on any atom is 0.416 e. The third-order valence-corrected chi connectivity index (χ3v) is 8.41. The number of aromatic nitrogens is 3. The molecule has 4 rings (SSSR count). The van der Waals surface area contributed by atoms with Gasteiger partial charge in [-0.3, -0.25) is 4.90 Å². The lowest BCUT2D eigenvalue weighted by Gasteiger charge is -2.17. The Hall–Kier alpha value is -5.73. The number of amides is 2. The molecule has 0 saturated carbocycles. The van der Waals surface area contributed by atoms with E-state index in [-0.39, 0.29) is 44.9 Å². The van der Waals surface area contributed by atoms with Gasteiger partial charge in [-0.25, -0.2) is 32.3 Å². The van der Waals surface area contributed by atoms with E-state index in [2.05, 4.69) is 15.0 Å². The largest absolute Gasteiger partial charge is 0.479 e. The van der Waals surface area contributed by atoms with Gasteiger partial charge < -0.3 is 24.4 Å². The Bertz CT molecular complexity index is 2160. The highest BCUT2D eigenvalue weighted by molar-refractivity contribution is 7.90. The summed E-state index contributed by atoms with van der Waals surface area (Å²) in [5.74, 6) is -3.72. The number of carbonyl (C=O) groups is 4. The molecule has 0 spiro atoms. The first kappa shape index (κ1) is 41.7. The number of sulfonamides is 1. The van der Waals surface area contributed by atoms with Crippen LogP contribution in [0.1, 0.15) is 39.0 Å². The molecule has 0 bridgehead atoms. The molecular weight excluding hydrogens is 778 g/mol. The van der Waals surface area contributed by atoms with E-state index in [4.69, 9.17) is 47.6 Å². The standard InChI is InChI=1S/C17H11Cl2F3O5.C14H15N5O6S/c1-8(15(23)24)26-16(25)11-7-10(3-4-12(11)18)27-14-5-2-9(6-13(14)19)17(20,21)22;1-8-15-12(17-13(16-8)25-3)19(2)14(22)18-26(23,24)10-7-5-4-6-9(10)11(20)21/h2-8H,1H3,(H,23,24);4-7H,1-3H3,(H,18,22)(H,20,21)/t8-;/m0./s1. The van der Waals surface area contributed by atoms with E-state index in [1.165, 1.54) is 38.4 Å². The Morgan fingerprint density at radius 3 is 2.17 bits per heavy atom. The zero-order chi connectivity index (χ0) is 39.8. The van der Waals surface area contributed by atoms with E-state index in [1.807, 2.05) is 0 Å². The Kier molecular flexibility index (Phi) is 13.5. The van der Waals surface area contributed by atoms with Crippen molar-refractivity contribution in [3.05, 3.63) is 93.2 Å². The number of nitrogens with zero attached hydrogens (tertiary/aromatic N) is 4. The maximum absolute atomic E-state index is 12.7. The van der Waals surface area contributed by atoms with Crippen molar-refractivity contribution in [2.24, 2.45) is 0 Å². The number of ether oxygens (including phenoxy) is 3. The molecule has 0 unspecified atom stereocenters. The summed E-state index contributed by atoms with van der Waals surface area (Å²) >= 11 is 11.7. The van der Waals surface area contributed by atoms with Crippen molar-refractivity contribution in [3.63, 3.8) is 0 Å². The minimum Gasteiger partial charge on any atom is -0.479 e. The number of hydrogen-bond acceptors (Lipinski definition) is 12. The summed E-state index contributed by atoms with van der Waals surface area (Å²) in [5.41, 5.74) is -1.58. The smallest absolute Gasteiger partial charge is 0.416 e. The van der Waals surface area contributed by atoms with Crippen molar-refractivity contribution in [2.45, 2.75) is 31.0 Å². The normalized spacial score (nSPS) is 11.6. The molecule has 1 aromatic heterocycles. The second kappa shape index (κ2) is 17.2. The fourth-order valence-electron chi connectivity index (χ4n) is 3.78. The molecule has 3 N–H and O–H groups in total. The number of anilines is 1. The lowest BCUT2D eigenvalue weighted by molar-refractivity contribution is -0.146. The molecule has 0 radical (unpaired) electrons. The SMILES string of the molecule is COc1nc(C)nc(N(C)C(=O)NS(=O)(=O)c2ccccc2C(=O)O)n1.C[C@H](OC(=O)c1cc(Oc2ccc(C(F)(F)F)cc2Cl)ccc1Cl)C(=O)O. The number of aromatic carboxylic acids is 1. The van der Waals surface area contributed by atoms with Gasteiger partial charge in [-0.05, 0) is 62.4 Å². The molecular formula is C31H26Cl2F3N5O11S. The van der Waals surface area contributed by atoms with Crippen LogP contribution in [0.2, 0.25) is 10.0 Å². The van der Waals surface area contributed by atoms with E-state index in [9.17, 15) is 40.8 Å². The van der Waals surface area contributed by atoms with Gasteiger partial charge in [0.15, 0.2) is 6.10 Å². The molecule has 2 amide bonds. The molecule has 4 aromatic rings. The minimum absolute atomic E-state index is 0.0246. The monoisotopic (exact) mass is 803 g/mol. The number of carboxylic acids is 2. The van der Waals surface area contributed by atoms with Crippen LogP contribution in [0.5, 0.6) is 17.5 Å². The first-order valence-corrected chi connectivity index (χ1v) is 16.6. The molecule has 282 valence electrons. The van der Waals surface area contributed by atoms with Gasteiger partial charge in [0.25, 0.3) is 10.0 Å². The summed E-state index contributed by atoms with van der Waals surface area (Å²) in [5, 5.41) is 17.6. The number of carbonyl (C=O) groups excluding carboxylic acids is 2. The van der Waals surface area contributed by atoms with Gasteiger partial charge in [0.05, 0.1) is 33.8 Å². The average molecular weight is 805 g/mol. The average Bonchev–Trinajstić information content (AvgIpc) is 3.08. The van der Waals surface area contributed by atoms with Crippen LogP contribution in [-0.4, -0.2) is 77.8 Å². The molecule has 0 aliphatic carbocycles. The second-order valence-corrected chi connectivity index (χ2v) is 12.7. The quantitative estimate of drug-likeness (QED) is 0.160. The predicted molar refractivity (Wildman–Crippen MR) is 179 cm³/mol. The summed E-state index contributed by atoms with van der Waals surface area (Å²) in [4.78, 5) is 58.2. The molecule has 22 heteroatoms. The Labute approximate surface area is 308 Å². The van der Waals surface area contributed by atoms with Crippen molar-refractivity contribution in [3.8, 4) is 17.5 Å². The second-order valence-electron chi connectivity index (χ2n) is 10.2. The van der Waals surface area contributed by atoms with Crippen molar-refractivity contribution in [1.82, 2.24) is 19.7 Å². The highest BCUT2D eigenvalue weighted by atomic mass is 35.5.